The Kier molecular flexibility index (Phi) is 2.85. The molecule has 9 heteroatoms. The molecular weight excluding hydrogens is 396 g/mol. The zero-order valence-electron chi connectivity index (χ0n) is 16.7. The Balaban J connectivity index is 1.32. The molecule has 0 aromatic carbocycles. The molecule has 2 atom stereocenters. The van der Waals surface area contributed by atoms with Crippen LogP contribution >= 0.6 is 11.3 Å². The minimum atomic E-state index is -0.0186. The lowest BCUT2D eigenvalue weighted by Gasteiger charge is -2.60. The van der Waals surface area contributed by atoms with Gasteiger partial charge in [0.1, 0.15) is 11.2 Å². The van der Waals surface area contributed by atoms with Crippen molar-refractivity contribution in [2.45, 2.75) is 68.7 Å². The molecule has 0 aliphatic heterocycles. The van der Waals surface area contributed by atoms with Crippen LogP contribution in [0.2, 0.25) is 0 Å². The number of thiophene rings is 1. The molecule has 30 heavy (non-hydrogen) atoms. The Bertz CT molecular complexity index is 1300. The van der Waals surface area contributed by atoms with E-state index in [1.807, 2.05) is 27.0 Å². The van der Waals surface area contributed by atoms with Gasteiger partial charge in [-0.2, -0.15) is 4.80 Å². The molecule has 152 valence electrons. The third-order valence-electron chi connectivity index (χ3n) is 8.32. The summed E-state index contributed by atoms with van der Waals surface area (Å²) in [5.41, 5.74) is 2.49. The molecular formula is C21H22N8S. The highest BCUT2D eigenvalue weighted by Crippen LogP contribution is 2.64. The standard InChI is InChI=1S/C21H22N8S/c1-2-14-15(3-1)30-18-16(14)17-25-19(26-28(17)11-22-18)20-5-12-4-13(6-20)8-21(7-12,9-20)29-24-10-23-27-29/h10-13H,1-9H2/t12-,13-,20?,21?/m1/s1. The number of hydrogen-bond acceptors (Lipinski definition) is 7. The first-order valence-corrected chi connectivity index (χ1v) is 11.9. The maximum atomic E-state index is 5.25. The van der Waals surface area contributed by atoms with Crippen LogP contribution in [-0.2, 0) is 23.8 Å². The lowest BCUT2D eigenvalue weighted by molar-refractivity contribution is -0.0785. The van der Waals surface area contributed by atoms with Crippen LogP contribution < -0.4 is 0 Å². The Morgan fingerprint density at radius 3 is 2.83 bits per heavy atom. The topological polar surface area (TPSA) is 86.7 Å². The molecule has 9 rings (SSSR count). The quantitative estimate of drug-likeness (QED) is 0.497. The lowest BCUT2D eigenvalue weighted by Crippen LogP contribution is -2.59. The highest BCUT2D eigenvalue weighted by atomic mass is 32.1. The Labute approximate surface area is 176 Å². The van der Waals surface area contributed by atoms with E-state index in [9.17, 15) is 0 Å². The Morgan fingerprint density at radius 1 is 1.10 bits per heavy atom. The minimum absolute atomic E-state index is 0.0186. The molecule has 0 radical (unpaired) electrons. The Morgan fingerprint density at radius 2 is 2.00 bits per heavy atom. The van der Waals surface area contributed by atoms with Gasteiger partial charge >= 0.3 is 0 Å². The van der Waals surface area contributed by atoms with Crippen LogP contribution in [0, 0.1) is 11.8 Å². The molecule has 0 spiro atoms. The number of fused-ring (bicyclic) bond motifs is 5. The van der Waals surface area contributed by atoms with Crippen LogP contribution in [0.25, 0.3) is 15.9 Å². The van der Waals surface area contributed by atoms with Crippen molar-refractivity contribution in [1.82, 2.24) is 39.8 Å². The Hall–Kier alpha value is -2.42. The average molecular weight is 419 g/mol. The van der Waals surface area contributed by atoms with Gasteiger partial charge in [-0.3, -0.25) is 0 Å². The smallest absolute Gasteiger partial charge is 0.167 e. The predicted octanol–water partition coefficient (Wildman–Crippen LogP) is 3.06. The van der Waals surface area contributed by atoms with Crippen molar-refractivity contribution in [3.63, 3.8) is 0 Å². The SMILES string of the molecule is c1nnn(C23C[C@@H]4C[C@H](CC(c5nc6c7c8c(sc7ncn6n5)CCC8)(C4)C2)C3)n1. The summed E-state index contributed by atoms with van der Waals surface area (Å²) in [6.45, 7) is 0. The van der Waals surface area contributed by atoms with Gasteiger partial charge in [0.25, 0.3) is 0 Å². The van der Waals surface area contributed by atoms with E-state index in [1.54, 1.807) is 6.33 Å². The fourth-order valence-corrected chi connectivity index (χ4v) is 8.94. The van der Waals surface area contributed by atoms with E-state index in [0.29, 0.717) is 11.8 Å². The largest absolute Gasteiger partial charge is 0.225 e. The fraction of sp³-hybridized carbons (Fsp3) is 0.619. The molecule has 4 heterocycles. The van der Waals surface area contributed by atoms with Crippen molar-refractivity contribution in [3.05, 3.63) is 28.9 Å². The highest BCUT2D eigenvalue weighted by molar-refractivity contribution is 7.19. The summed E-state index contributed by atoms with van der Waals surface area (Å²) >= 11 is 1.85. The lowest BCUT2D eigenvalue weighted by atomic mass is 9.46. The molecule has 0 N–H and O–H groups in total. The summed E-state index contributed by atoms with van der Waals surface area (Å²) < 4.78 is 1.95. The monoisotopic (exact) mass is 418 g/mol. The molecule has 4 saturated carbocycles. The number of aryl methyl sites for hydroxylation is 2. The number of nitrogens with zero attached hydrogens (tertiary/aromatic N) is 8. The van der Waals surface area contributed by atoms with Gasteiger partial charge < -0.3 is 0 Å². The maximum absolute atomic E-state index is 5.25. The summed E-state index contributed by atoms with van der Waals surface area (Å²) in [5, 5.41) is 19.2. The van der Waals surface area contributed by atoms with Crippen molar-refractivity contribution in [2.75, 3.05) is 0 Å². The first-order valence-electron chi connectivity index (χ1n) is 11.1. The average Bonchev–Trinajstić information content (AvgIpc) is 3.48. The molecule has 4 aromatic rings. The predicted molar refractivity (Wildman–Crippen MR) is 110 cm³/mol. The van der Waals surface area contributed by atoms with Crippen molar-refractivity contribution < 1.29 is 0 Å². The normalized spacial score (nSPS) is 34.4. The van der Waals surface area contributed by atoms with E-state index in [-0.39, 0.29) is 11.0 Å². The van der Waals surface area contributed by atoms with Crippen molar-refractivity contribution in [2.24, 2.45) is 11.8 Å². The number of hydrogen-bond donors (Lipinski definition) is 0. The zero-order valence-corrected chi connectivity index (χ0v) is 17.5. The van der Waals surface area contributed by atoms with Crippen LogP contribution in [0.5, 0.6) is 0 Å². The maximum Gasteiger partial charge on any atom is 0.167 e. The number of tetrazole rings is 1. The van der Waals surface area contributed by atoms with Gasteiger partial charge in [0.15, 0.2) is 17.8 Å². The number of rotatable bonds is 2. The summed E-state index contributed by atoms with van der Waals surface area (Å²) in [4.78, 5) is 14.5. The fourth-order valence-electron chi connectivity index (χ4n) is 7.71. The van der Waals surface area contributed by atoms with Gasteiger partial charge in [0, 0.05) is 10.3 Å². The molecule has 4 aromatic heterocycles. The minimum Gasteiger partial charge on any atom is -0.225 e. The van der Waals surface area contributed by atoms with E-state index < -0.39 is 0 Å². The van der Waals surface area contributed by atoms with Crippen molar-refractivity contribution >= 4 is 27.2 Å². The van der Waals surface area contributed by atoms with Crippen LogP contribution in [-0.4, -0.2) is 39.8 Å². The van der Waals surface area contributed by atoms with Crippen LogP contribution in [0.3, 0.4) is 0 Å². The first kappa shape index (κ1) is 16.3. The molecule has 5 aliphatic rings. The summed E-state index contributed by atoms with van der Waals surface area (Å²) in [7, 11) is 0. The molecule has 8 nitrogen and oxygen atoms in total. The molecule has 0 unspecified atom stereocenters. The second-order valence-electron chi connectivity index (χ2n) is 10.2. The molecule has 0 amide bonds. The van der Waals surface area contributed by atoms with Gasteiger partial charge in [0.05, 0.1) is 10.9 Å². The first-order chi connectivity index (χ1) is 14.7. The summed E-state index contributed by atoms with van der Waals surface area (Å²) in [6, 6.07) is 0. The molecule has 4 bridgehead atoms. The molecule has 4 fully saturated rings. The van der Waals surface area contributed by atoms with E-state index in [1.165, 1.54) is 60.8 Å². The van der Waals surface area contributed by atoms with Crippen molar-refractivity contribution in [1.29, 1.82) is 0 Å². The zero-order chi connectivity index (χ0) is 19.5. The van der Waals surface area contributed by atoms with Crippen LogP contribution in [0.15, 0.2) is 12.7 Å². The summed E-state index contributed by atoms with van der Waals surface area (Å²) in [6.07, 6.45) is 14.1. The molecule has 5 aliphatic carbocycles. The third-order valence-corrected chi connectivity index (χ3v) is 9.52. The van der Waals surface area contributed by atoms with Crippen molar-refractivity contribution in [3.8, 4) is 0 Å². The summed E-state index contributed by atoms with van der Waals surface area (Å²) in [5.74, 6) is 2.42. The van der Waals surface area contributed by atoms with Gasteiger partial charge in [0.2, 0.25) is 0 Å². The highest BCUT2D eigenvalue weighted by Gasteiger charge is 2.61. The van der Waals surface area contributed by atoms with Gasteiger partial charge in [-0.15, -0.1) is 26.6 Å². The van der Waals surface area contributed by atoms with E-state index in [2.05, 4.69) is 15.4 Å². The van der Waals surface area contributed by atoms with Crippen LogP contribution in [0.4, 0.5) is 0 Å². The second-order valence-corrected chi connectivity index (χ2v) is 11.3. The van der Waals surface area contributed by atoms with Gasteiger partial charge in [-0.25, -0.2) is 14.5 Å². The van der Waals surface area contributed by atoms with E-state index >= 15 is 0 Å². The van der Waals surface area contributed by atoms with E-state index in [4.69, 9.17) is 15.1 Å². The van der Waals surface area contributed by atoms with E-state index in [0.717, 1.165) is 29.1 Å². The van der Waals surface area contributed by atoms with Gasteiger partial charge in [-0.1, -0.05) is 0 Å². The van der Waals surface area contributed by atoms with Crippen LogP contribution in [0.1, 0.15) is 61.2 Å². The second kappa shape index (κ2) is 5.25. The number of aromatic nitrogens is 8. The molecule has 0 saturated heterocycles. The third kappa shape index (κ3) is 1.93. The van der Waals surface area contributed by atoms with Gasteiger partial charge in [-0.05, 0) is 80.4 Å².